The average Bonchev–Trinajstić information content (AvgIpc) is 3.37. The zero-order chi connectivity index (χ0) is 18.6. The Morgan fingerprint density at radius 2 is 1.96 bits per heavy atom. The molecule has 0 aliphatic carbocycles. The lowest BCUT2D eigenvalue weighted by atomic mass is 9.96. The van der Waals surface area contributed by atoms with Crippen LogP contribution in [0.2, 0.25) is 5.02 Å². The van der Waals surface area contributed by atoms with E-state index in [1.165, 1.54) is 5.56 Å². The van der Waals surface area contributed by atoms with Crippen LogP contribution in [0.3, 0.4) is 0 Å². The van der Waals surface area contributed by atoms with Crippen LogP contribution < -0.4 is 10.6 Å². The van der Waals surface area contributed by atoms with Crippen LogP contribution in [0.15, 0.2) is 59.1 Å². The lowest BCUT2D eigenvalue weighted by Crippen LogP contribution is -2.40. The summed E-state index contributed by atoms with van der Waals surface area (Å²) in [7, 11) is 0. The van der Waals surface area contributed by atoms with Crippen molar-refractivity contribution in [2.75, 3.05) is 6.54 Å². The summed E-state index contributed by atoms with van der Waals surface area (Å²) in [5.74, 6) is 1.13. The van der Waals surface area contributed by atoms with Gasteiger partial charge >= 0.3 is 0 Å². The fourth-order valence-corrected chi connectivity index (χ4v) is 3.37. The SMILES string of the molecule is O=C(NCc1nc(-c2ccc(Cl)cc2)no1)[C@@H]1C[C@H](c2ccccc2)CN1. The minimum Gasteiger partial charge on any atom is -0.346 e. The molecular formula is C20H19ClN4O2. The molecule has 1 aliphatic heterocycles. The second-order valence-electron chi connectivity index (χ2n) is 6.54. The van der Waals surface area contributed by atoms with E-state index in [-0.39, 0.29) is 18.5 Å². The number of nitrogens with one attached hydrogen (secondary N) is 2. The van der Waals surface area contributed by atoms with Gasteiger partial charge in [-0.05, 0) is 42.2 Å². The third-order valence-electron chi connectivity index (χ3n) is 4.70. The molecule has 2 heterocycles. The molecule has 0 bridgehead atoms. The maximum atomic E-state index is 12.4. The summed E-state index contributed by atoms with van der Waals surface area (Å²) in [5.41, 5.74) is 2.06. The summed E-state index contributed by atoms with van der Waals surface area (Å²) in [6.07, 6.45) is 0.774. The molecule has 0 unspecified atom stereocenters. The second-order valence-corrected chi connectivity index (χ2v) is 6.98. The first-order chi connectivity index (χ1) is 13.2. The Labute approximate surface area is 161 Å². The Morgan fingerprint density at radius 3 is 2.74 bits per heavy atom. The van der Waals surface area contributed by atoms with Crippen molar-refractivity contribution in [2.24, 2.45) is 0 Å². The number of hydrogen-bond acceptors (Lipinski definition) is 5. The van der Waals surface area contributed by atoms with Gasteiger partial charge in [0.05, 0.1) is 12.6 Å². The van der Waals surface area contributed by atoms with Gasteiger partial charge in [0, 0.05) is 17.1 Å². The summed E-state index contributed by atoms with van der Waals surface area (Å²) in [6.45, 7) is 0.997. The number of nitrogens with zero attached hydrogens (tertiary/aromatic N) is 2. The quantitative estimate of drug-likeness (QED) is 0.708. The molecule has 2 atom stereocenters. The van der Waals surface area contributed by atoms with Gasteiger partial charge in [-0.2, -0.15) is 4.98 Å². The van der Waals surface area contributed by atoms with Crippen LogP contribution in [0.5, 0.6) is 0 Å². The molecule has 2 aromatic carbocycles. The first-order valence-electron chi connectivity index (χ1n) is 8.83. The van der Waals surface area contributed by atoms with Crippen molar-refractivity contribution in [1.29, 1.82) is 0 Å². The monoisotopic (exact) mass is 382 g/mol. The highest BCUT2D eigenvalue weighted by atomic mass is 35.5. The van der Waals surface area contributed by atoms with E-state index in [9.17, 15) is 4.79 Å². The number of benzene rings is 2. The number of carbonyl (C=O) groups is 1. The summed E-state index contributed by atoms with van der Waals surface area (Å²) in [4.78, 5) is 16.7. The predicted octanol–water partition coefficient (Wildman–Crippen LogP) is 3.15. The van der Waals surface area contributed by atoms with Crippen LogP contribution in [-0.4, -0.2) is 28.6 Å². The topological polar surface area (TPSA) is 80.1 Å². The zero-order valence-corrected chi connectivity index (χ0v) is 15.3. The minimum atomic E-state index is -0.214. The van der Waals surface area contributed by atoms with Crippen LogP contribution in [0, 0.1) is 0 Å². The minimum absolute atomic E-state index is 0.0559. The molecule has 0 radical (unpaired) electrons. The maximum Gasteiger partial charge on any atom is 0.246 e. The summed E-state index contributed by atoms with van der Waals surface area (Å²) in [5, 5.41) is 10.7. The first kappa shape index (κ1) is 17.7. The van der Waals surface area contributed by atoms with Crippen molar-refractivity contribution in [3.63, 3.8) is 0 Å². The summed E-state index contributed by atoms with van der Waals surface area (Å²) < 4.78 is 5.22. The normalized spacial score (nSPS) is 19.1. The molecule has 1 saturated heterocycles. The van der Waals surface area contributed by atoms with E-state index in [1.54, 1.807) is 12.1 Å². The lowest BCUT2D eigenvalue weighted by molar-refractivity contribution is -0.123. The van der Waals surface area contributed by atoms with E-state index in [2.05, 4.69) is 32.9 Å². The molecule has 3 aromatic rings. The highest BCUT2D eigenvalue weighted by molar-refractivity contribution is 6.30. The Bertz CT molecular complexity index is 911. The molecule has 4 rings (SSSR count). The molecule has 7 heteroatoms. The fraction of sp³-hybridized carbons (Fsp3) is 0.250. The Balaban J connectivity index is 1.32. The van der Waals surface area contributed by atoms with Crippen LogP contribution in [-0.2, 0) is 11.3 Å². The van der Waals surface area contributed by atoms with Gasteiger partial charge in [0.15, 0.2) is 0 Å². The molecule has 0 saturated carbocycles. The van der Waals surface area contributed by atoms with Crippen LogP contribution >= 0.6 is 11.6 Å². The molecule has 1 aliphatic rings. The van der Waals surface area contributed by atoms with Crippen LogP contribution in [0.4, 0.5) is 0 Å². The van der Waals surface area contributed by atoms with Gasteiger partial charge in [-0.15, -0.1) is 0 Å². The average molecular weight is 383 g/mol. The largest absolute Gasteiger partial charge is 0.346 e. The third kappa shape index (κ3) is 4.18. The van der Waals surface area contributed by atoms with Gasteiger partial charge in [-0.25, -0.2) is 0 Å². The molecule has 27 heavy (non-hydrogen) atoms. The molecule has 1 fully saturated rings. The lowest BCUT2D eigenvalue weighted by Gasteiger charge is -2.10. The Morgan fingerprint density at radius 1 is 1.19 bits per heavy atom. The third-order valence-corrected chi connectivity index (χ3v) is 4.95. The van der Waals surface area contributed by atoms with Crippen molar-refractivity contribution in [1.82, 2.24) is 20.8 Å². The highest BCUT2D eigenvalue weighted by Gasteiger charge is 2.30. The fourth-order valence-electron chi connectivity index (χ4n) is 3.24. The van der Waals surface area contributed by atoms with Gasteiger partial charge in [0.2, 0.25) is 17.6 Å². The van der Waals surface area contributed by atoms with Crippen molar-refractivity contribution in [3.8, 4) is 11.4 Å². The Kier molecular flexibility index (Phi) is 5.18. The van der Waals surface area contributed by atoms with E-state index in [1.807, 2.05) is 30.3 Å². The number of hydrogen-bond donors (Lipinski definition) is 2. The summed E-state index contributed by atoms with van der Waals surface area (Å²) in [6, 6.07) is 17.2. The summed E-state index contributed by atoms with van der Waals surface area (Å²) >= 11 is 5.88. The van der Waals surface area contributed by atoms with Crippen molar-refractivity contribution < 1.29 is 9.32 Å². The molecular weight excluding hydrogens is 364 g/mol. The van der Waals surface area contributed by atoms with Crippen LogP contribution in [0.25, 0.3) is 11.4 Å². The zero-order valence-electron chi connectivity index (χ0n) is 14.6. The van der Waals surface area contributed by atoms with Gasteiger partial charge in [-0.3, -0.25) is 4.79 Å². The standard InChI is InChI=1S/C20H19ClN4O2/c21-16-8-6-14(7-9-16)19-24-18(27-25-19)12-23-20(26)17-10-15(11-22-17)13-4-2-1-3-5-13/h1-9,15,17,22H,10-12H2,(H,23,26)/t15-,17-/m0/s1. The van der Waals surface area contributed by atoms with Gasteiger partial charge in [-0.1, -0.05) is 47.1 Å². The number of aromatic nitrogens is 2. The molecule has 138 valence electrons. The number of amides is 1. The predicted molar refractivity (Wildman–Crippen MR) is 102 cm³/mol. The van der Waals surface area contributed by atoms with E-state index >= 15 is 0 Å². The molecule has 0 spiro atoms. The molecule has 6 nitrogen and oxygen atoms in total. The first-order valence-corrected chi connectivity index (χ1v) is 9.21. The van der Waals surface area contributed by atoms with Crippen LogP contribution in [0.1, 0.15) is 23.8 Å². The van der Waals surface area contributed by atoms with E-state index in [4.69, 9.17) is 16.1 Å². The number of carbonyl (C=O) groups excluding carboxylic acids is 1. The highest BCUT2D eigenvalue weighted by Crippen LogP contribution is 2.25. The Hall–Kier alpha value is -2.70. The maximum absolute atomic E-state index is 12.4. The molecule has 1 aromatic heterocycles. The van der Waals surface area contributed by atoms with Gasteiger partial charge in [0.25, 0.3) is 0 Å². The van der Waals surface area contributed by atoms with Gasteiger partial charge < -0.3 is 15.2 Å². The number of halogens is 1. The number of rotatable bonds is 5. The van der Waals surface area contributed by atoms with Gasteiger partial charge in [0.1, 0.15) is 0 Å². The second kappa shape index (κ2) is 7.90. The smallest absolute Gasteiger partial charge is 0.246 e. The molecule has 1 amide bonds. The van der Waals surface area contributed by atoms with Crippen molar-refractivity contribution >= 4 is 17.5 Å². The van der Waals surface area contributed by atoms with Crippen molar-refractivity contribution in [2.45, 2.75) is 24.9 Å². The molecule has 2 N–H and O–H groups in total. The van der Waals surface area contributed by atoms with E-state index in [0.717, 1.165) is 18.5 Å². The van der Waals surface area contributed by atoms with Crippen molar-refractivity contribution in [3.05, 3.63) is 71.1 Å². The van der Waals surface area contributed by atoms with E-state index in [0.29, 0.717) is 22.7 Å². The van der Waals surface area contributed by atoms with E-state index < -0.39 is 0 Å².